The predicted molar refractivity (Wildman–Crippen MR) is 75.4 cm³/mol. The maximum atomic E-state index is 3.60. The topological polar surface area (TPSA) is 24.1 Å². The lowest BCUT2D eigenvalue weighted by atomic mass is 9.75. The van der Waals surface area contributed by atoms with Crippen molar-refractivity contribution in [1.29, 1.82) is 0 Å². The first-order chi connectivity index (χ1) is 8.18. The molecule has 0 aromatic carbocycles. The van der Waals surface area contributed by atoms with Gasteiger partial charge < -0.3 is 10.6 Å². The summed E-state index contributed by atoms with van der Waals surface area (Å²) in [5.74, 6) is 0.811. The molecule has 0 bridgehead atoms. The van der Waals surface area contributed by atoms with E-state index in [9.17, 15) is 0 Å². The highest BCUT2D eigenvalue weighted by molar-refractivity contribution is 7.07. The maximum Gasteiger partial charge on any atom is 0.0213 e. The molecule has 2 nitrogen and oxygen atoms in total. The van der Waals surface area contributed by atoms with E-state index in [1.54, 1.807) is 11.3 Å². The van der Waals surface area contributed by atoms with Crippen LogP contribution in [-0.2, 0) is 6.54 Å². The van der Waals surface area contributed by atoms with Crippen LogP contribution in [0.4, 0.5) is 0 Å². The molecule has 0 saturated carbocycles. The van der Waals surface area contributed by atoms with Crippen LogP contribution in [0.2, 0.25) is 0 Å². The molecular weight excluding hydrogens is 228 g/mol. The Labute approximate surface area is 109 Å². The van der Waals surface area contributed by atoms with Crippen molar-refractivity contribution in [2.24, 2.45) is 11.3 Å². The SMILES string of the molecule is CC(C)(CNCc1ccsc1)C1CCCNC1. The molecule has 1 fully saturated rings. The Morgan fingerprint density at radius 3 is 3.06 bits per heavy atom. The van der Waals surface area contributed by atoms with Crippen molar-refractivity contribution in [3.63, 3.8) is 0 Å². The first kappa shape index (κ1) is 13.1. The fourth-order valence-corrected chi connectivity index (χ4v) is 3.25. The summed E-state index contributed by atoms with van der Waals surface area (Å²) in [5.41, 5.74) is 1.80. The van der Waals surface area contributed by atoms with Gasteiger partial charge in [-0.1, -0.05) is 13.8 Å². The zero-order chi connectivity index (χ0) is 12.1. The van der Waals surface area contributed by atoms with E-state index in [1.807, 2.05) is 0 Å². The normalized spacial score (nSPS) is 21.6. The van der Waals surface area contributed by atoms with Crippen molar-refractivity contribution in [3.8, 4) is 0 Å². The molecule has 1 saturated heterocycles. The summed E-state index contributed by atoms with van der Waals surface area (Å²) in [6.07, 6.45) is 2.71. The average Bonchev–Trinajstić information content (AvgIpc) is 2.83. The summed E-state index contributed by atoms with van der Waals surface area (Å²) in [5, 5.41) is 11.5. The third kappa shape index (κ3) is 3.80. The Morgan fingerprint density at radius 1 is 1.53 bits per heavy atom. The van der Waals surface area contributed by atoms with Crippen LogP contribution in [0.25, 0.3) is 0 Å². The number of piperidine rings is 1. The van der Waals surface area contributed by atoms with Crippen molar-refractivity contribution in [2.75, 3.05) is 19.6 Å². The quantitative estimate of drug-likeness (QED) is 0.842. The molecule has 96 valence electrons. The standard InChI is InChI=1S/C14H24N2S/c1-14(2,13-4-3-6-15-9-13)11-16-8-12-5-7-17-10-12/h5,7,10,13,15-16H,3-4,6,8-9,11H2,1-2H3. The van der Waals surface area contributed by atoms with E-state index in [0.29, 0.717) is 5.41 Å². The van der Waals surface area contributed by atoms with E-state index in [2.05, 4.69) is 41.3 Å². The van der Waals surface area contributed by atoms with E-state index >= 15 is 0 Å². The first-order valence-corrected chi connectivity index (χ1v) is 7.55. The van der Waals surface area contributed by atoms with Gasteiger partial charge in [0.1, 0.15) is 0 Å². The van der Waals surface area contributed by atoms with Crippen LogP contribution >= 0.6 is 11.3 Å². The van der Waals surface area contributed by atoms with Crippen molar-refractivity contribution in [2.45, 2.75) is 33.2 Å². The first-order valence-electron chi connectivity index (χ1n) is 6.61. The lowest BCUT2D eigenvalue weighted by Gasteiger charge is -2.37. The minimum absolute atomic E-state index is 0.392. The summed E-state index contributed by atoms with van der Waals surface area (Å²) in [7, 11) is 0. The number of thiophene rings is 1. The van der Waals surface area contributed by atoms with Crippen LogP contribution < -0.4 is 10.6 Å². The highest BCUT2D eigenvalue weighted by atomic mass is 32.1. The van der Waals surface area contributed by atoms with Gasteiger partial charge in [-0.2, -0.15) is 11.3 Å². The van der Waals surface area contributed by atoms with Gasteiger partial charge >= 0.3 is 0 Å². The van der Waals surface area contributed by atoms with Crippen LogP contribution in [0.3, 0.4) is 0 Å². The van der Waals surface area contributed by atoms with Gasteiger partial charge in [0.15, 0.2) is 0 Å². The van der Waals surface area contributed by atoms with Gasteiger partial charge in [0.25, 0.3) is 0 Å². The molecule has 1 atom stereocenters. The van der Waals surface area contributed by atoms with Crippen LogP contribution in [0.1, 0.15) is 32.3 Å². The van der Waals surface area contributed by atoms with E-state index < -0.39 is 0 Å². The van der Waals surface area contributed by atoms with Gasteiger partial charge in [-0.25, -0.2) is 0 Å². The van der Waals surface area contributed by atoms with E-state index in [4.69, 9.17) is 0 Å². The van der Waals surface area contributed by atoms with Crippen molar-refractivity contribution < 1.29 is 0 Å². The van der Waals surface area contributed by atoms with Gasteiger partial charge in [0.05, 0.1) is 0 Å². The summed E-state index contributed by atoms with van der Waals surface area (Å²) >= 11 is 1.78. The fourth-order valence-electron chi connectivity index (χ4n) is 2.59. The molecule has 1 unspecified atom stereocenters. The minimum Gasteiger partial charge on any atom is -0.316 e. The molecule has 1 aromatic heterocycles. The Bertz CT molecular complexity index is 313. The van der Waals surface area contributed by atoms with Crippen LogP contribution in [0.5, 0.6) is 0 Å². The maximum absolute atomic E-state index is 3.60. The molecule has 17 heavy (non-hydrogen) atoms. The summed E-state index contributed by atoms with van der Waals surface area (Å²) in [6, 6.07) is 2.20. The smallest absolute Gasteiger partial charge is 0.0213 e. The lowest BCUT2D eigenvalue weighted by molar-refractivity contribution is 0.166. The molecule has 2 N–H and O–H groups in total. The number of rotatable bonds is 5. The summed E-state index contributed by atoms with van der Waals surface area (Å²) < 4.78 is 0. The molecule has 0 aliphatic carbocycles. The Hall–Kier alpha value is -0.380. The molecule has 1 aliphatic heterocycles. The van der Waals surface area contributed by atoms with E-state index in [-0.39, 0.29) is 0 Å². The molecule has 1 aromatic rings. The van der Waals surface area contributed by atoms with Crippen molar-refractivity contribution in [1.82, 2.24) is 10.6 Å². The Kier molecular flexibility index (Phi) is 4.60. The van der Waals surface area contributed by atoms with Gasteiger partial charge in [-0.3, -0.25) is 0 Å². The largest absolute Gasteiger partial charge is 0.316 e. The third-order valence-electron chi connectivity index (χ3n) is 3.89. The monoisotopic (exact) mass is 252 g/mol. The fraction of sp³-hybridized carbons (Fsp3) is 0.714. The minimum atomic E-state index is 0.392. The second kappa shape index (κ2) is 5.98. The molecular formula is C14H24N2S. The lowest BCUT2D eigenvalue weighted by Crippen LogP contribution is -2.43. The molecule has 1 aliphatic rings. The summed E-state index contributed by atoms with van der Waals surface area (Å²) in [6.45, 7) is 9.29. The third-order valence-corrected chi connectivity index (χ3v) is 4.62. The molecule has 0 spiro atoms. The van der Waals surface area contributed by atoms with Crippen LogP contribution in [-0.4, -0.2) is 19.6 Å². The second-order valence-corrected chi connectivity index (χ2v) is 6.55. The highest BCUT2D eigenvalue weighted by Gasteiger charge is 2.29. The highest BCUT2D eigenvalue weighted by Crippen LogP contribution is 2.31. The molecule has 2 rings (SSSR count). The average molecular weight is 252 g/mol. The Balaban J connectivity index is 1.76. The number of hydrogen-bond acceptors (Lipinski definition) is 3. The van der Waals surface area contributed by atoms with Gasteiger partial charge in [0.2, 0.25) is 0 Å². The molecule has 0 radical (unpaired) electrons. The zero-order valence-electron chi connectivity index (χ0n) is 11.0. The van der Waals surface area contributed by atoms with Crippen LogP contribution in [0, 0.1) is 11.3 Å². The van der Waals surface area contributed by atoms with Gasteiger partial charge in [0, 0.05) is 13.1 Å². The van der Waals surface area contributed by atoms with Crippen molar-refractivity contribution in [3.05, 3.63) is 22.4 Å². The van der Waals surface area contributed by atoms with Crippen LogP contribution in [0.15, 0.2) is 16.8 Å². The Morgan fingerprint density at radius 2 is 2.41 bits per heavy atom. The number of nitrogens with one attached hydrogen (secondary N) is 2. The number of hydrogen-bond donors (Lipinski definition) is 2. The zero-order valence-corrected chi connectivity index (χ0v) is 11.8. The molecule has 3 heteroatoms. The van der Waals surface area contributed by atoms with E-state index in [0.717, 1.165) is 19.0 Å². The summed E-state index contributed by atoms with van der Waals surface area (Å²) in [4.78, 5) is 0. The second-order valence-electron chi connectivity index (χ2n) is 5.77. The molecule has 2 heterocycles. The predicted octanol–water partition coefficient (Wildman–Crippen LogP) is 2.86. The molecule has 0 amide bonds. The van der Waals surface area contributed by atoms with Gasteiger partial charge in [-0.15, -0.1) is 0 Å². The van der Waals surface area contributed by atoms with Gasteiger partial charge in [-0.05, 0) is 59.7 Å². The van der Waals surface area contributed by atoms with Crippen molar-refractivity contribution >= 4 is 11.3 Å². The van der Waals surface area contributed by atoms with E-state index in [1.165, 1.54) is 31.5 Å².